The topological polar surface area (TPSA) is 23.6 Å². The van der Waals surface area contributed by atoms with Gasteiger partial charge in [0.15, 0.2) is 0 Å². The molecule has 1 unspecified atom stereocenters. The first-order chi connectivity index (χ1) is 8.66. The molecular weight excluding hydrogens is 248 g/mol. The fraction of sp³-hybridized carbons (Fsp3) is 0.500. The van der Waals surface area contributed by atoms with Gasteiger partial charge in [-0.1, -0.05) is 30.3 Å². The Bertz CT molecular complexity index is 396. The van der Waals surface area contributed by atoms with E-state index in [0.717, 1.165) is 26.1 Å². The van der Waals surface area contributed by atoms with Gasteiger partial charge < -0.3 is 4.90 Å². The number of carbonyl (C=O) groups excluding carboxylic acids is 1. The van der Waals surface area contributed by atoms with Crippen molar-refractivity contribution in [1.82, 2.24) is 9.80 Å². The Morgan fingerprint density at radius 1 is 1.44 bits per heavy atom. The molecule has 2 rings (SSSR count). The Balaban J connectivity index is 1.93. The minimum atomic E-state index is -0.374. The summed E-state index contributed by atoms with van der Waals surface area (Å²) in [6.07, 6.45) is 2.34. The molecule has 0 aromatic heterocycles. The number of hydrogen-bond acceptors (Lipinski definition) is 2. The summed E-state index contributed by atoms with van der Waals surface area (Å²) in [6.45, 7) is 2.77. The highest BCUT2D eigenvalue weighted by atomic mass is 35.5. The number of likely N-dealkylation sites (tertiary alicyclic amines) is 1. The molecule has 0 spiro atoms. The van der Waals surface area contributed by atoms with E-state index in [2.05, 4.69) is 29.2 Å². The lowest BCUT2D eigenvalue weighted by molar-refractivity contribution is 0.190. The highest BCUT2D eigenvalue weighted by molar-refractivity contribution is 6.62. The smallest absolute Gasteiger partial charge is 0.316 e. The highest BCUT2D eigenvalue weighted by Crippen LogP contribution is 2.20. The molecule has 0 saturated carbocycles. The first-order valence-corrected chi connectivity index (χ1v) is 6.73. The Kier molecular flexibility index (Phi) is 4.61. The van der Waals surface area contributed by atoms with Crippen molar-refractivity contribution < 1.29 is 4.79 Å². The predicted octanol–water partition coefficient (Wildman–Crippen LogP) is 2.94. The number of benzene rings is 1. The highest BCUT2D eigenvalue weighted by Gasteiger charge is 2.26. The summed E-state index contributed by atoms with van der Waals surface area (Å²) in [5.41, 5.74) is 1.32. The molecule has 1 fully saturated rings. The zero-order valence-electron chi connectivity index (χ0n) is 10.7. The molecule has 18 heavy (non-hydrogen) atoms. The zero-order valence-corrected chi connectivity index (χ0v) is 11.4. The van der Waals surface area contributed by atoms with Crippen molar-refractivity contribution in [3.63, 3.8) is 0 Å². The fourth-order valence-electron chi connectivity index (χ4n) is 2.52. The van der Waals surface area contributed by atoms with Gasteiger partial charge in [0.05, 0.1) is 0 Å². The Labute approximate surface area is 113 Å². The molecular formula is C14H19ClN2O. The van der Waals surface area contributed by atoms with Crippen LogP contribution < -0.4 is 0 Å². The van der Waals surface area contributed by atoms with Crippen LogP contribution in [0.5, 0.6) is 0 Å². The van der Waals surface area contributed by atoms with Crippen molar-refractivity contribution >= 4 is 17.0 Å². The zero-order chi connectivity index (χ0) is 13.0. The van der Waals surface area contributed by atoms with E-state index in [1.165, 1.54) is 12.0 Å². The van der Waals surface area contributed by atoms with Gasteiger partial charge in [0.1, 0.15) is 0 Å². The van der Waals surface area contributed by atoms with Gasteiger partial charge >= 0.3 is 5.37 Å². The van der Waals surface area contributed by atoms with Gasteiger partial charge in [-0.3, -0.25) is 9.69 Å². The summed E-state index contributed by atoms with van der Waals surface area (Å²) in [5.74, 6) is 0. The Morgan fingerprint density at radius 2 is 2.17 bits per heavy atom. The number of nitrogens with zero attached hydrogens (tertiary/aromatic N) is 2. The van der Waals surface area contributed by atoms with Crippen LogP contribution in [0, 0.1) is 0 Å². The molecule has 1 aromatic carbocycles. The molecule has 0 bridgehead atoms. The van der Waals surface area contributed by atoms with Gasteiger partial charge in [0.25, 0.3) is 0 Å². The van der Waals surface area contributed by atoms with Gasteiger partial charge in [0.2, 0.25) is 0 Å². The van der Waals surface area contributed by atoms with Gasteiger partial charge in [-0.15, -0.1) is 0 Å². The molecule has 98 valence electrons. The maximum atomic E-state index is 11.1. The molecule has 1 atom stereocenters. The van der Waals surface area contributed by atoms with Gasteiger partial charge in [0, 0.05) is 26.2 Å². The summed E-state index contributed by atoms with van der Waals surface area (Å²) in [6, 6.07) is 10.9. The van der Waals surface area contributed by atoms with E-state index in [0.29, 0.717) is 6.04 Å². The maximum absolute atomic E-state index is 11.1. The summed E-state index contributed by atoms with van der Waals surface area (Å²) in [5, 5.41) is -0.374. The van der Waals surface area contributed by atoms with E-state index in [9.17, 15) is 4.79 Å². The monoisotopic (exact) mass is 266 g/mol. The van der Waals surface area contributed by atoms with Crippen LogP contribution in [0.3, 0.4) is 0 Å². The molecule has 0 N–H and O–H groups in total. The van der Waals surface area contributed by atoms with Gasteiger partial charge in [-0.05, 0) is 36.6 Å². The number of halogens is 1. The average molecular weight is 267 g/mol. The maximum Gasteiger partial charge on any atom is 0.316 e. The van der Waals surface area contributed by atoms with Gasteiger partial charge in [-0.2, -0.15) is 0 Å². The largest absolute Gasteiger partial charge is 0.331 e. The quantitative estimate of drug-likeness (QED) is 0.618. The van der Waals surface area contributed by atoms with E-state index in [-0.39, 0.29) is 5.37 Å². The molecule has 1 saturated heterocycles. The molecule has 0 radical (unpaired) electrons. The van der Waals surface area contributed by atoms with Crippen molar-refractivity contribution in [3.05, 3.63) is 35.9 Å². The lowest BCUT2D eigenvalue weighted by Gasteiger charge is -2.27. The van der Waals surface area contributed by atoms with Crippen LogP contribution in [0.15, 0.2) is 30.3 Å². The van der Waals surface area contributed by atoms with Crippen molar-refractivity contribution in [2.24, 2.45) is 0 Å². The summed E-state index contributed by atoms with van der Waals surface area (Å²) in [4.78, 5) is 15.1. The lowest BCUT2D eigenvalue weighted by atomic mass is 10.2. The van der Waals surface area contributed by atoms with Crippen molar-refractivity contribution in [2.75, 3.05) is 20.1 Å². The lowest BCUT2D eigenvalue weighted by Crippen LogP contribution is -2.39. The van der Waals surface area contributed by atoms with Crippen LogP contribution in [0.2, 0.25) is 0 Å². The van der Waals surface area contributed by atoms with Crippen molar-refractivity contribution in [1.29, 1.82) is 0 Å². The number of carbonyl (C=O) groups is 1. The molecule has 1 aliphatic heterocycles. The molecule has 3 nitrogen and oxygen atoms in total. The molecule has 1 heterocycles. The molecule has 0 aliphatic carbocycles. The first-order valence-electron chi connectivity index (χ1n) is 6.35. The van der Waals surface area contributed by atoms with Crippen LogP contribution in [-0.2, 0) is 6.54 Å². The predicted molar refractivity (Wildman–Crippen MR) is 73.8 cm³/mol. The van der Waals surface area contributed by atoms with E-state index >= 15 is 0 Å². The number of likely N-dealkylation sites (N-methyl/N-ethyl adjacent to an activating group) is 1. The molecule has 4 heteroatoms. The van der Waals surface area contributed by atoms with E-state index in [4.69, 9.17) is 11.6 Å². The second kappa shape index (κ2) is 6.21. The third-order valence-electron chi connectivity index (χ3n) is 3.51. The SMILES string of the molecule is CN(CC1CCCN1Cc1ccccc1)C(=O)Cl. The molecule has 1 amide bonds. The van der Waals surface area contributed by atoms with Gasteiger partial charge in [-0.25, -0.2) is 0 Å². The number of rotatable bonds is 4. The number of hydrogen-bond donors (Lipinski definition) is 0. The Morgan fingerprint density at radius 3 is 2.83 bits per heavy atom. The van der Waals surface area contributed by atoms with E-state index in [1.54, 1.807) is 11.9 Å². The summed E-state index contributed by atoms with van der Waals surface area (Å²) < 4.78 is 0. The molecule has 1 aliphatic rings. The minimum Gasteiger partial charge on any atom is -0.331 e. The number of amides is 1. The van der Waals surface area contributed by atoms with Crippen LogP contribution in [0.4, 0.5) is 4.79 Å². The second-order valence-electron chi connectivity index (χ2n) is 4.89. The van der Waals surface area contributed by atoms with E-state index in [1.807, 2.05) is 6.07 Å². The molecule has 1 aromatic rings. The second-order valence-corrected chi connectivity index (χ2v) is 5.21. The normalized spacial score (nSPS) is 20.0. The summed E-state index contributed by atoms with van der Waals surface area (Å²) >= 11 is 5.48. The van der Waals surface area contributed by atoms with Crippen molar-refractivity contribution in [2.45, 2.75) is 25.4 Å². The fourth-order valence-corrected chi connectivity index (χ4v) is 2.58. The van der Waals surface area contributed by atoms with Crippen LogP contribution in [0.25, 0.3) is 0 Å². The first kappa shape index (κ1) is 13.4. The van der Waals surface area contributed by atoms with E-state index < -0.39 is 0 Å². The average Bonchev–Trinajstić information content (AvgIpc) is 2.78. The Hall–Kier alpha value is -1.06. The summed E-state index contributed by atoms with van der Waals surface area (Å²) in [7, 11) is 1.76. The minimum absolute atomic E-state index is 0.374. The van der Waals surface area contributed by atoms with Crippen LogP contribution >= 0.6 is 11.6 Å². The standard InChI is InChI=1S/C14H19ClN2O/c1-16(14(15)18)11-13-8-5-9-17(13)10-12-6-3-2-4-7-12/h2-4,6-7,13H,5,8-11H2,1H3. The van der Waals surface area contributed by atoms with Crippen LogP contribution in [-0.4, -0.2) is 41.3 Å². The third-order valence-corrected chi connectivity index (χ3v) is 3.80. The third kappa shape index (κ3) is 3.47. The van der Waals surface area contributed by atoms with Crippen LogP contribution in [0.1, 0.15) is 18.4 Å². The van der Waals surface area contributed by atoms with Crippen molar-refractivity contribution in [3.8, 4) is 0 Å².